The van der Waals surface area contributed by atoms with Gasteiger partial charge in [-0.15, -0.1) is 0 Å². The van der Waals surface area contributed by atoms with Crippen molar-refractivity contribution >= 4 is 11.8 Å². The lowest BCUT2D eigenvalue weighted by molar-refractivity contribution is -0.192. The van der Waals surface area contributed by atoms with Crippen molar-refractivity contribution in [3.05, 3.63) is 83.9 Å². The van der Waals surface area contributed by atoms with E-state index in [-0.39, 0.29) is 0 Å². The number of alkyl halides is 3. The Balaban J connectivity index is 0.000000429. The Hall–Kier alpha value is -4.01. The van der Waals surface area contributed by atoms with Crippen molar-refractivity contribution in [1.29, 1.82) is 0 Å². The Morgan fingerprint density at radius 3 is 2.34 bits per heavy atom. The van der Waals surface area contributed by atoms with E-state index in [1.807, 2.05) is 49.4 Å². The quantitative estimate of drug-likeness (QED) is 0.501. The van der Waals surface area contributed by atoms with E-state index < -0.39 is 17.9 Å². The minimum Gasteiger partial charge on any atom is -0.497 e. The molecule has 1 heterocycles. The van der Waals surface area contributed by atoms with Crippen molar-refractivity contribution < 1.29 is 32.5 Å². The van der Waals surface area contributed by atoms with Gasteiger partial charge in [0.2, 0.25) is 0 Å². The lowest BCUT2D eigenvalue weighted by Gasteiger charge is -2.32. The number of methoxy groups -OCH3 is 1. The highest BCUT2D eigenvalue weighted by Gasteiger charge is 2.38. The van der Waals surface area contributed by atoms with Crippen LogP contribution >= 0.6 is 0 Å². The summed E-state index contributed by atoms with van der Waals surface area (Å²) in [6.07, 6.45) is -3.50. The normalized spacial score (nSPS) is 16.7. The topological polar surface area (TPSA) is 94.1 Å². The number of para-hydroxylation sites is 1. The van der Waals surface area contributed by atoms with Crippen LogP contribution in [0.2, 0.25) is 0 Å². The van der Waals surface area contributed by atoms with E-state index in [2.05, 4.69) is 35.3 Å². The molecule has 1 aliphatic heterocycles. The molecule has 35 heavy (non-hydrogen) atoms. The number of rotatable bonds is 5. The lowest BCUT2D eigenvalue weighted by Crippen LogP contribution is -2.38. The lowest BCUT2D eigenvalue weighted by atomic mass is 9.98. The summed E-state index contributed by atoms with van der Waals surface area (Å²) in [5.74, 6) is -0.570. The maximum absolute atomic E-state index is 10.6. The van der Waals surface area contributed by atoms with Crippen LogP contribution in [0.25, 0.3) is 11.1 Å². The van der Waals surface area contributed by atoms with Gasteiger partial charge in [-0.3, -0.25) is 0 Å². The van der Waals surface area contributed by atoms with Gasteiger partial charge < -0.3 is 20.3 Å². The van der Waals surface area contributed by atoms with E-state index >= 15 is 0 Å². The SMILES string of the molecule is COc1cccc(-c2cccc(CCC3(C)N=C(N)c4ccccc4O3)c2)c1.O=C(O)C(F)(F)F. The van der Waals surface area contributed by atoms with E-state index in [1.165, 1.54) is 11.1 Å². The summed E-state index contributed by atoms with van der Waals surface area (Å²) in [6, 6.07) is 24.4. The Bertz CT molecular complexity index is 1230. The molecule has 0 radical (unpaired) electrons. The number of nitrogens with two attached hydrogens (primary N) is 1. The predicted molar refractivity (Wildman–Crippen MR) is 127 cm³/mol. The van der Waals surface area contributed by atoms with Crippen LogP contribution < -0.4 is 15.2 Å². The molecule has 184 valence electrons. The number of hydrogen-bond donors (Lipinski definition) is 2. The molecule has 6 nitrogen and oxygen atoms in total. The Kier molecular flexibility index (Phi) is 7.68. The maximum atomic E-state index is 10.6. The van der Waals surface area contributed by atoms with Crippen LogP contribution in [0.5, 0.6) is 11.5 Å². The van der Waals surface area contributed by atoms with Gasteiger partial charge in [0.15, 0.2) is 5.72 Å². The molecule has 1 atom stereocenters. The zero-order chi connectivity index (χ0) is 25.6. The second-order valence-electron chi connectivity index (χ2n) is 8.01. The standard InChI is InChI=1S/C24H24N2O2.C2HF3O2/c1-24(26-23(25)21-11-3-4-12-22(21)28-24)14-13-17-7-5-8-18(15-17)19-9-6-10-20(16-19)27-2;3-2(4,5)1(6)7/h3-12,15-16H,13-14H2,1-2H3,(H2,25,26);(H,6,7). The van der Waals surface area contributed by atoms with Crippen molar-refractivity contribution in [1.82, 2.24) is 0 Å². The van der Waals surface area contributed by atoms with Gasteiger partial charge in [-0.05, 0) is 54.3 Å². The molecule has 0 amide bonds. The average Bonchev–Trinajstić information content (AvgIpc) is 2.83. The molecule has 1 aliphatic rings. The van der Waals surface area contributed by atoms with Gasteiger partial charge >= 0.3 is 12.1 Å². The number of carboxylic acid groups (broad SMARTS) is 1. The summed E-state index contributed by atoms with van der Waals surface area (Å²) in [6.45, 7) is 1.99. The fourth-order valence-electron chi connectivity index (χ4n) is 3.53. The Morgan fingerprint density at radius 1 is 1.06 bits per heavy atom. The van der Waals surface area contributed by atoms with Crippen LogP contribution in [0.4, 0.5) is 13.2 Å². The number of hydrogen-bond acceptors (Lipinski definition) is 5. The first kappa shape index (κ1) is 25.6. The summed E-state index contributed by atoms with van der Waals surface area (Å²) in [4.78, 5) is 13.5. The number of halogens is 3. The Labute approximate surface area is 200 Å². The van der Waals surface area contributed by atoms with Crippen LogP contribution in [-0.4, -0.2) is 35.9 Å². The zero-order valence-corrected chi connectivity index (χ0v) is 19.2. The van der Waals surface area contributed by atoms with Crippen LogP contribution in [0, 0.1) is 0 Å². The molecule has 4 rings (SSSR count). The molecule has 0 aliphatic carbocycles. The summed E-state index contributed by atoms with van der Waals surface area (Å²) in [7, 11) is 1.69. The minimum atomic E-state index is -5.08. The summed E-state index contributed by atoms with van der Waals surface area (Å²) >= 11 is 0. The fourth-order valence-corrected chi connectivity index (χ4v) is 3.53. The van der Waals surface area contributed by atoms with Gasteiger partial charge in [-0.25, -0.2) is 9.79 Å². The van der Waals surface area contributed by atoms with Gasteiger partial charge in [-0.1, -0.05) is 48.5 Å². The number of aliphatic imine (C=N–C) groups is 1. The molecule has 0 saturated carbocycles. The first-order chi connectivity index (χ1) is 16.5. The van der Waals surface area contributed by atoms with E-state index in [0.717, 1.165) is 35.5 Å². The molecular weight excluding hydrogens is 461 g/mol. The highest BCUT2D eigenvalue weighted by atomic mass is 19.4. The minimum absolute atomic E-state index is 0.537. The smallest absolute Gasteiger partial charge is 0.490 e. The third-order valence-corrected chi connectivity index (χ3v) is 5.30. The summed E-state index contributed by atoms with van der Waals surface area (Å²) < 4.78 is 43.3. The third kappa shape index (κ3) is 6.75. The van der Waals surface area contributed by atoms with Gasteiger partial charge in [0, 0.05) is 6.42 Å². The van der Waals surface area contributed by atoms with Gasteiger partial charge in [0.05, 0.1) is 12.7 Å². The average molecular weight is 486 g/mol. The first-order valence-electron chi connectivity index (χ1n) is 10.7. The number of nitrogens with zero attached hydrogens (tertiary/aromatic N) is 1. The molecule has 0 spiro atoms. The van der Waals surface area contributed by atoms with Crippen LogP contribution in [0.15, 0.2) is 77.8 Å². The number of benzene rings is 3. The van der Waals surface area contributed by atoms with Crippen LogP contribution in [-0.2, 0) is 11.2 Å². The molecular formula is C26H25F3N2O4. The number of fused-ring (bicyclic) bond motifs is 1. The number of aliphatic carboxylic acids is 1. The van der Waals surface area contributed by atoms with Gasteiger partial charge in [0.1, 0.15) is 17.3 Å². The van der Waals surface area contributed by atoms with E-state index in [0.29, 0.717) is 5.84 Å². The van der Waals surface area contributed by atoms with Crippen LogP contribution in [0.1, 0.15) is 24.5 Å². The monoisotopic (exact) mass is 486 g/mol. The number of aryl methyl sites for hydroxylation is 1. The summed E-state index contributed by atoms with van der Waals surface area (Å²) in [5, 5.41) is 7.12. The summed E-state index contributed by atoms with van der Waals surface area (Å²) in [5.41, 5.74) is 9.91. The number of carbonyl (C=O) groups is 1. The second-order valence-corrected chi connectivity index (χ2v) is 8.01. The zero-order valence-electron chi connectivity index (χ0n) is 19.2. The van der Waals surface area contributed by atoms with Crippen molar-refractivity contribution in [3.63, 3.8) is 0 Å². The molecule has 3 aromatic rings. The molecule has 0 aromatic heterocycles. The van der Waals surface area contributed by atoms with Crippen LogP contribution in [0.3, 0.4) is 0 Å². The van der Waals surface area contributed by atoms with E-state index in [9.17, 15) is 13.2 Å². The highest BCUT2D eigenvalue weighted by molar-refractivity contribution is 6.00. The molecule has 3 N–H and O–H groups in total. The fraction of sp³-hybridized carbons (Fsp3) is 0.231. The molecule has 3 aromatic carbocycles. The van der Waals surface area contributed by atoms with E-state index in [4.69, 9.17) is 25.1 Å². The molecule has 9 heteroatoms. The number of ether oxygens (including phenoxy) is 2. The molecule has 1 unspecified atom stereocenters. The van der Waals surface area contributed by atoms with Crippen molar-refractivity contribution in [2.24, 2.45) is 10.7 Å². The number of carboxylic acids is 1. The molecule has 0 saturated heterocycles. The van der Waals surface area contributed by atoms with E-state index in [1.54, 1.807) is 7.11 Å². The predicted octanol–water partition coefficient (Wildman–Crippen LogP) is 5.44. The number of amidine groups is 1. The Morgan fingerprint density at radius 2 is 1.69 bits per heavy atom. The van der Waals surface area contributed by atoms with Gasteiger partial charge in [-0.2, -0.15) is 13.2 Å². The van der Waals surface area contributed by atoms with Crippen molar-refractivity contribution in [3.8, 4) is 22.6 Å². The van der Waals surface area contributed by atoms with Crippen molar-refractivity contribution in [2.75, 3.05) is 7.11 Å². The first-order valence-corrected chi connectivity index (χ1v) is 10.7. The largest absolute Gasteiger partial charge is 0.497 e. The second kappa shape index (κ2) is 10.5. The highest BCUT2D eigenvalue weighted by Crippen LogP contribution is 2.32. The maximum Gasteiger partial charge on any atom is 0.490 e. The van der Waals surface area contributed by atoms with Gasteiger partial charge in [0.25, 0.3) is 0 Å². The third-order valence-electron chi connectivity index (χ3n) is 5.30. The molecule has 0 bridgehead atoms. The molecule has 0 fully saturated rings. The van der Waals surface area contributed by atoms with Crippen molar-refractivity contribution in [2.45, 2.75) is 31.7 Å².